The van der Waals surface area contributed by atoms with E-state index in [0.717, 1.165) is 12.1 Å². The van der Waals surface area contributed by atoms with Crippen LogP contribution in [0, 0.1) is 0 Å². The predicted molar refractivity (Wildman–Crippen MR) is 61.9 cm³/mol. The molecule has 98 valence electrons. The van der Waals surface area contributed by atoms with Crippen molar-refractivity contribution in [2.75, 3.05) is 0 Å². The second kappa shape index (κ2) is 6.23. The molecule has 0 amide bonds. The van der Waals surface area contributed by atoms with Gasteiger partial charge >= 0.3 is 6.18 Å². The van der Waals surface area contributed by atoms with Gasteiger partial charge in [0.25, 0.3) is 0 Å². The normalized spacial score (nSPS) is 14.9. The molecule has 1 rings (SSSR count). The molecule has 0 aromatic heterocycles. The fraction of sp³-hybridized carbons (Fsp3) is 0.455. The molecule has 17 heavy (non-hydrogen) atoms. The summed E-state index contributed by atoms with van der Waals surface area (Å²) in [5.41, 5.74) is 5.19. The molecule has 0 fully saturated rings. The molecule has 0 aliphatic rings. The molecule has 0 unspecified atom stereocenters. The van der Waals surface area contributed by atoms with Crippen molar-refractivity contribution in [3.63, 3.8) is 0 Å². The molecule has 1 aromatic rings. The van der Waals surface area contributed by atoms with Crippen LogP contribution in [0.2, 0.25) is 0 Å². The molecular formula is C11H15ClF3NO. The molecular weight excluding hydrogens is 255 g/mol. The highest BCUT2D eigenvalue weighted by Gasteiger charge is 2.31. The van der Waals surface area contributed by atoms with Crippen molar-refractivity contribution >= 4 is 12.4 Å². The number of hydrogen-bond acceptors (Lipinski definition) is 2. The zero-order chi connectivity index (χ0) is 12.3. The van der Waals surface area contributed by atoms with Gasteiger partial charge in [0, 0.05) is 0 Å². The lowest BCUT2D eigenvalue weighted by molar-refractivity contribution is -0.137. The van der Waals surface area contributed by atoms with Crippen LogP contribution in [0.15, 0.2) is 24.3 Å². The zero-order valence-corrected chi connectivity index (χ0v) is 10.1. The SMILES string of the molecule is CC[C@H](O)[C@H](N)c1cccc(C(F)(F)F)c1.Cl. The van der Waals surface area contributed by atoms with Gasteiger partial charge in [0.05, 0.1) is 17.7 Å². The van der Waals surface area contributed by atoms with Gasteiger partial charge in [-0.25, -0.2) is 0 Å². The number of halogens is 4. The molecule has 3 N–H and O–H groups in total. The summed E-state index contributed by atoms with van der Waals surface area (Å²) < 4.78 is 37.2. The van der Waals surface area contributed by atoms with E-state index in [1.807, 2.05) is 0 Å². The standard InChI is InChI=1S/C11H14F3NO.ClH/c1-2-9(16)10(15)7-4-3-5-8(6-7)11(12,13)14;/h3-6,9-10,16H,2,15H2,1H3;1H/t9-,10+;/m0./s1. The van der Waals surface area contributed by atoms with E-state index < -0.39 is 23.9 Å². The van der Waals surface area contributed by atoms with E-state index in [-0.39, 0.29) is 12.4 Å². The Morgan fingerprint density at radius 1 is 1.35 bits per heavy atom. The van der Waals surface area contributed by atoms with Gasteiger partial charge in [-0.3, -0.25) is 0 Å². The molecule has 2 nitrogen and oxygen atoms in total. The molecule has 0 radical (unpaired) electrons. The van der Waals surface area contributed by atoms with Crippen LogP contribution in [-0.4, -0.2) is 11.2 Å². The summed E-state index contributed by atoms with van der Waals surface area (Å²) >= 11 is 0. The van der Waals surface area contributed by atoms with E-state index in [4.69, 9.17) is 5.73 Å². The van der Waals surface area contributed by atoms with Crippen LogP contribution >= 0.6 is 12.4 Å². The van der Waals surface area contributed by atoms with Crippen molar-refractivity contribution in [3.05, 3.63) is 35.4 Å². The number of rotatable bonds is 3. The fourth-order valence-electron chi connectivity index (χ4n) is 1.40. The Morgan fingerprint density at radius 3 is 2.41 bits per heavy atom. The predicted octanol–water partition coefficient (Wildman–Crippen LogP) is 2.90. The molecule has 0 aliphatic heterocycles. The van der Waals surface area contributed by atoms with Gasteiger partial charge in [-0.2, -0.15) is 13.2 Å². The zero-order valence-electron chi connectivity index (χ0n) is 9.24. The number of hydrogen-bond donors (Lipinski definition) is 2. The van der Waals surface area contributed by atoms with Crippen LogP contribution in [0.25, 0.3) is 0 Å². The monoisotopic (exact) mass is 269 g/mol. The summed E-state index contributed by atoms with van der Waals surface area (Å²) in [5, 5.41) is 9.47. The molecule has 0 spiro atoms. The van der Waals surface area contributed by atoms with Gasteiger partial charge < -0.3 is 10.8 Å². The minimum absolute atomic E-state index is 0. The maximum Gasteiger partial charge on any atom is 0.416 e. The molecule has 0 saturated carbocycles. The van der Waals surface area contributed by atoms with Gasteiger partial charge in [0.1, 0.15) is 0 Å². The highest BCUT2D eigenvalue weighted by Crippen LogP contribution is 2.31. The first kappa shape index (κ1) is 16.2. The Morgan fingerprint density at radius 2 is 1.94 bits per heavy atom. The molecule has 2 atom stereocenters. The van der Waals surface area contributed by atoms with Gasteiger partial charge in [-0.05, 0) is 24.1 Å². The first-order chi connectivity index (χ1) is 7.36. The quantitative estimate of drug-likeness (QED) is 0.886. The van der Waals surface area contributed by atoms with Crippen molar-refractivity contribution in [1.82, 2.24) is 0 Å². The molecule has 6 heteroatoms. The third-order valence-corrected chi connectivity index (χ3v) is 2.43. The average Bonchev–Trinajstić information content (AvgIpc) is 2.26. The highest BCUT2D eigenvalue weighted by molar-refractivity contribution is 5.85. The van der Waals surface area contributed by atoms with E-state index in [9.17, 15) is 18.3 Å². The number of benzene rings is 1. The van der Waals surface area contributed by atoms with E-state index in [1.54, 1.807) is 6.92 Å². The first-order valence-electron chi connectivity index (χ1n) is 4.97. The van der Waals surface area contributed by atoms with Gasteiger partial charge in [0.15, 0.2) is 0 Å². The third-order valence-electron chi connectivity index (χ3n) is 2.43. The third kappa shape index (κ3) is 4.18. The minimum atomic E-state index is -4.38. The molecule has 0 saturated heterocycles. The van der Waals surface area contributed by atoms with E-state index >= 15 is 0 Å². The van der Waals surface area contributed by atoms with Gasteiger partial charge in [0.2, 0.25) is 0 Å². The number of aliphatic hydroxyl groups is 1. The van der Waals surface area contributed by atoms with Crippen LogP contribution in [0.5, 0.6) is 0 Å². The van der Waals surface area contributed by atoms with Gasteiger partial charge in [-0.15, -0.1) is 12.4 Å². The molecule has 0 bridgehead atoms. The summed E-state index contributed by atoms with van der Waals surface area (Å²) in [4.78, 5) is 0. The summed E-state index contributed by atoms with van der Waals surface area (Å²) in [7, 11) is 0. The van der Waals surface area contributed by atoms with Crippen LogP contribution in [0.3, 0.4) is 0 Å². The Balaban J connectivity index is 0.00000256. The topological polar surface area (TPSA) is 46.2 Å². The Kier molecular flexibility index (Phi) is 5.95. The Hall–Kier alpha value is -0.780. The van der Waals surface area contributed by atoms with E-state index in [1.165, 1.54) is 12.1 Å². The smallest absolute Gasteiger partial charge is 0.391 e. The van der Waals surface area contributed by atoms with Crippen molar-refractivity contribution in [2.24, 2.45) is 5.73 Å². The largest absolute Gasteiger partial charge is 0.416 e. The van der Waals surface area contributed by atoms with Crippen molar-refractivity contribution in [2.45, 2.75) is 31.7 Å². The van der Waals surface area contributed by atoms with Crippen LogP contribution < -0.4 is 5.73 Å². The highest BCUT2D eigenvalue weighted by atomic mass is 35.5. The minimum Gasteiger partial charge on any atom is -0.391 e. The van der Waals surface area contributed by atoms with Crippen molar-refractivity contribution < 1.29 is 18.3 Å². The number of nitrogens with two attached hydrogens (primary N) is 1. The fourth-order valence-corrected chi connectivity index (χ4v) is 1.40. The lowest BCUT2D eigenvalue weighted by Gasteiger charge is -2.18. The second-order valence-corrected chi connectivity index (χ2v) is 3.62. The second-order valence-electron chi connectivity index (χ2n) is 3.62. The summed E-state index contributed by atoms with van der Waals surface area (Å²) in [5.74, 6) is 0. The van der Waals surface area contributed by atoms with Crippen LogP contribution in [-0.2, 0) is 6.18 Å². The maximum atomic E-state index is 12.4. The Labute approximate surface area is 104 Å². The Bertz CT molecular complexity index is 357. The molecule has 1 aromatic carbocycles. The van der Waals surface area contributed by atoms with Gasteiger partial charge in [-0.1, -0.05) is 19.1 Å². The van der Waals surface area contributed by atoms with Crippen LogP contribution in [0.1, 0.15) is 30.5 Å². The number of alkyl halides is 3. The van der Waals surface area contributed by atoms with Crippen LogP contribution in [0.4, 0.5) is 13.2 Å². The van der Waals surface area contributed by atoms with E-state index in [0.29, 0.717) is 12.0 Å². The number of aliphatic hydroxyl groups excluding tert-OH is 1. The molecule has 0 heterocycles. The van der Waals surface area contributed by atoms with Crippen molar-refractivity contribution in [3.8, 4) is 0 Å². The molecule has 0 aliphatic carbocycles. The first-order valence-corrected chi connectivity index (χ1v) is 4.97. The summed E-state index contributed by atoms with van der Waals surface area (Å²) in [6.07, 6.45) is -4.81. The lowest BCUT2D eigenvalue weighted by atomic mass is 9.99. The van der Waals surface area contributed by atoms with Crippen molar-refractivity contribution in [1.29, 1.82) is 0 Å². The summed E-state index contributed by atoms with van der Waals surface area (Å²) in [6.45, 7) is 1.72. The maximum absolute atomic E-state index is 12.4. The van der Waals surface area contributed by atoms with E-state index in [2.05, 4.69) is 0 Å². The summed E-state index contributed by atoms with van der Waals surface area (Å²) in [6, 6.07) is 3.95. The average molecular weight is 270 g/mol. The lowest BCUT2D eigenvalue weighted by Crippen LogP contribution is -2.25.